The van der Waals surface area contributed by atoms with E-state index in [1.165, 1.54) is 6.42 Å². The van der Waals surface area contributed by atoms with Crippen molar-refractivity contribution in [1.82, 2.24) is 10.6 Å². The van der Waals surface area contributed by atoms with Gasteiger partial charge >= 0.3 is 6.03 Å². The molecule has 14 heavy (non-hydrogen) atoms. The summed E-state index contributed by atoms with van der Waals surface area (Å²) in [5.41, 5.74) is 0. The Balaban J connectivity index is 1.99. The van der Waals surface area contributed by atoms with Crippen molar-refractivity contribution in [3.8, 4) is 0 Å². The van der Waals surface area contributed by atoms with Crippen LogP contribution in [0.25, 0.3) is 0 Å². The van der Waals surface area contributed by atoms with Gasteiger partial charge in [0.1, 0.15) is 0 Å². The Morgan fingerprint density at radius 3 is 2.71 bits per heavy atom. The molecule has 4 nitrogen and oxygen atoms in total. The maximum Gasteiger partial charge on any atom is 0.315 e. The van der Waals surface area contributed by atoms with Gasteiger partial charge in [-0.3, -0.25) is 4.21 Å². The van der Waals surface area contributed by atoms with E-state index in [9.17, 15) is 9.00 Å². The molecule has 0 spiro atoms. The molecule has 1 aliphatic rings. The third-order valence-corrected chi connectivity index (χ3v) is 3.68. The number of urea groups is 1. The van der Waals surface area contributed by atoms with Gasteiger partial charge in [-0.2, -0.15) is 0 Å². The van der Waals surface area contributed by atoms with Crippen molar-refractivity contribution in [2.75, 3.05) is 18.1 Å². The minimum atomic E-state index is -0.786. The van der Waals surface area contributed by atoms with Crippen LogP contribution >= 0.6 is 0 Å². The van der Waals surface area contributed by atoms with Crippen molar-refractivity contribution in [2.45, 2.75) is 32.2 Å². The average Bonchev–Trinajstić information content (AvgIpc) is 2.11. The van der Waals surface area contributed by atoms with Crippen LogP contribution in [0, 0.1) is 0 Å². The topological polar surface area (TPSA) is 58.2 Å². The molecule has 82 valence electrons. The smallest absolute Gasteiger partial charge is 0.315 e. The minimum Gasteiger partial charge on any atom is -0.337 e. The summed E-state index contributed by atoms with van der Waals surface area (Å²) in [7, 11) is -0.786. The monoisotopic (exact) mass is 218 g/mol. The van der Waals surface area contributed by atoms with Gasteiger partial charge in [0.25, 0.3) is 0 Å². The number of amides is 2. The van der Waals surface area contributed by atoms with E-state index in [0.29, 0.717) is 24.1 Å². The van der Waals surface area contributed by atoms with E-state index in [1.54, 1.807) is 0 Å². The van der Waals surface area contributed by atoms with E-state index in [1.807, 2.05) is 6.92 Å². The summed E-state index contributed by atoms with van der Waals surface area (Å²) in [6.45, 7) is 2.38. The lowest BCUT2D eigenvalue weighted by Crippen LogP contribution is -2.46. The van der Waals surface area contributed by atoms with E-state index >= 15 is 0 Å². The SMILES string of the molecule is CCS(=O)CCNC(=O)NC1CCC1. The van der Waals surface area contributed by atoms with Gasteiger partial charge in [0, 0.05) is 34.9 Å². The van der Waals surface area contributed by atoms with Crippen LogP contribution in [-0.2, 0) is 10.8 Å². The lowest BCUT2D eigenvalue weighted by molar-refractivity contribution is 0.229. The second-order valence-electron chi connectivity index (χ2n) is 3.46. The predicted molar refractivity (Wildman–Crippen MR) is 57.7 cm³/mol. The highest BCUT2D eigenvalue weighted by molar-refractivity contribution is 7.84. The van der Waals surface area contributed by atoms with Crippen LogP contribution in [0.2, 0.25) is 0 Å². The molecule has 0 aromatic rings. The first kappa shape index (κ1) is 11.5. The molecule has 0 aromatic carbocycles. The van der Waals surface area contributed by atoms with Gasteiger partial charge in [0.2, 0.25) is 0 Å². The van der Waals surface area contributed by atoms with Gasteiger partial charge < -0.3 is 10.6 Å². The van der Waals surface area contributed by atoms with Gasteiger partial charge in [-0.25, -0.2) is 4.79 Å². The largest absolute Gasteiger partial charge is 0.337 e. The van der Waals surface area contributed by atoms with Crippen molar-refractivity contribution in [3.63, 3.8) is 0 Å². The lowest BCUT2D eigenvalue weighted by Gasteiger charge is -2.26. The van der Waals surface area contributed by atoms with E-state index in [0.717, 1.165) is 12.8 Å². The minimum absolute atomic E-state index is 0.122. The maximum absolute atomic E-state index is 11.2. The Morgan fingerprint density at radius 2 is 2.21 bits per heavy atom. The molecule has 1 unspecified atom stereocenters. The molecule has 0 bridgehead atoms. The summed E-state index contributed by atoms with van der Waals surface area (Å²) in [4.78, 5) is 11.2. The molecular formula is C9H18N2O2S. The van der Waals surface area contributed by atoms with Gasteiger partial charge in [-0.1, -0.05) is 6.92 Å². The molecule has 2 amide bonds. The highest BCUT2D eigenvalue weighted by atomic mass is 32.2. The van der Waals surface area contributed by atoms with Crippen molar-refractivity contribution in [1.29, 1.82) is 0 Å². The lowest BCUT2D eigenvalue weighted by atomic mass is 9.93. The number of hydrogen-bond acceptors (Lipinski definition) is 2. The second-order valence-corrected chi connectivity index (χ2v) is 5.33. The Bertz CT molecular complexity index is 217. The fourth-order valence-corrected chi connectivity index (χ4v) is 1.83. The van der Waals surface area contributed by atoms with E-state index in [4.69, 9.17) is 0 Å². The molecule has 0 radical (unpaired) electrons. The van der Waals surface area contributed by atoms with Crippen molar-refractivity contribution in [3.05, 3.63) is 0 Å². The molecule has 0 aromatic heterocycles. The first-order chi connectivity index (χ1) is 6.72. The summed E-state index contributed by atoms with van der Waals surface area (Å²) in [5, 5.41) is 5.56. The normalized spacial score (nSPS) is 18.4. The molecular weight excluding hydrogens is 200 g/mol. The molecule has 1 rings (SSSR count). The van der Waals surface area contributed by atoms with Crippen LogP contribution < -0.4 is 10.6 Å². The standard InChI is InChI=1S/C9H18N2O2S/c1-2-14(13)7-6-10-9(12)11-8-4-3-5-8/h8H,2-7H2,1H3,(H2,10,11,12). The Morgan fingerprint density at radius 1 is 1.50 bits per heavy atom. The Labute approximate surface area is 87.3 Å². The molecule has 0 heterocycles. The molecule has 0 aliphatic heterocycles. The second kappa shape index (κ2) is 6.01. The summed E-state index contributed by atoms with van der Waals surface area (Å²) in [5.74, 6) is 1.21. The number of hydrogen-bond donors (Lipinski definition) is 2. The van der Waals surface area contributed by atoms with Crippen molar-refractivity contribution >= 4 is 16.8 Å². The summed E-state index contributed by atoms with van der Waals surface area (Å²) >= 11 is 0. The quantitative estimate of drug-likeness (QED) is 0.710. The Kier molecular flexibility index (Phi) is 4.93. The zero-order valence-electron chi connectivity index (χ0n) is 8.54. The molecule has 1 aliphatic carbocycles. The van der Waals surface area contributed by atoms with Crippen molar-refractivity contribution in [2.24, 2.45) is 0 Å². The van der Waals surface area contributed by atoms with E-state index < -0.39 is 10.8 Å². The van der Waals surface area contributed by atoms with Gasteiger partial charge in [-0.15, -0.1) is 0 Å². The Hall–Kier alpha value is -0.580. The third-order valence-electron chi connectivity index (χ3n) is 2.38. The highest BCUT2D eigenvalue weighted by Crippen LogP contribution is 2.17. The van der Waals surface area contributed by atoms with E-state index in [2.05, 4.69) is 10.6 Å². The van der Waals surface area contributed by atoms with Crippen LogP contribution in [-0.4, -0.2) is 34.3 Å². The molecule has 2 N–H and O–H groups in total. The molecule has 1 atom stereocenters. The number of carbonyl (C=O) groups excluding carboxylic acids is 1. The zero-order valence-corrected chi connectivity index (χ0v) is 9.36. The van der Waals surface area contributed by atoms with Gasteiger partial charge in [0.15, 0.2) is 0 Å². The predicted octanol–water partition coefficient (Wildman–Crippen LogP) is 0.607. The molecule has 5 heteroatoms. The van der Waals surface area contributed by atoms with Crippen molar-refractivity contribution < 1.29 is 9.00 Å². The number of nitrogens with one attached hydrogen (secondary N) is 2. The summed E-state index contributed by atoms with van der Waals surface area (Å²) in [6.07, 6.45) is 3.40. The van der Waals surface area contributed by atoms with Crippen LogP contribution in [0.3, 0.4) is 0 Å². The fraction of sp³-hybridized carbons (Fsp3) is 0.889. The molecule has 1 saturated carbocycles. The zero-order chi connectivity index (χ0) is 10.4. The van der Waals surface area contributed by atoms with Crippen LogP contribution in [0.1, 0.15) is 26.2 Å². The average molecular weight is 218 g/mol. The first-order valence-corrected chi connectivity index (χ1v) is 6.60. The summed E-state index contributed by atoms with van der Waals surface area (Å²) < 4.78 is 11.0. The molecule has 0 saturated heterocycles. The first-order valence-electron chi connectivity index (χ1n) is 5.11. The molecule has 1 fully saturated rings. The fourth-order valence-electron chi connectivity index (χ4n) is 1.21. The third kappa shape index (κ3) is 4.09. The van der Waals surface area contributed by atoms with E-state index in [-0.39, 0.29) is 6.03 Å². The number of rotatable bonds is 5. The highest BCUT2D eigenvalue weighted by Gasteiger charge is 2.18. The van der Waals surface area contributed by atoms with Gasteiger partial charge in [0.05, 0.1) is 0 Å². The van der Waals surface area contributed by atoms with Gasteiger partial charge in [-0.05, 0) is 19.3 Å². The van der Waals surface area contributed by atoms with Crippen LogP contribution in [0.15, 0.2) is 0 Å². The number of carbonyl (C=O) groups is 1. The summed E-state index contributed by atoms with van der Waals surface area (Å²) in [6, 6.07) is 0.245. The maximum atomic E-state index is 11.2. The van der Waals surface area contributed by atoms with Crippen LogP contribution in [0.5, 0.6) is 0 Å². The van der Waals surface area contributed by atoms with Crippen LogP contribution in [0.4, 0.5) is 4.79 Å².